The van der Waals surface area contributed by atoms with Crippen LogP contribution in [0.3, 0.4) is 0 Å². The fourth-order valence-corrected chi connectivity index (χ4v) is 2.02. The van der Waals surface area contributed by atoms with E-state index in [0.717, 1.165) is 19.6 Å². The molecule has 16 heavy (non-hydrogen) atoms. The van der Waals surface area contributed by atoms with Crippen molar-refractivity contribution in [2.45, 2.75) is 13.0 Å². The molecule has 1 aliphatic rings. The summed E-state index contributed by atoms with van der Waals surface area (Å²) in [5, 5.41) is 3.24. The molecule has 2 heterocycles. The summed E-state index contributed by atoms with van der Waals surface area (Å²) in [6.45, 7) is 4.45. The van der Waals surface area contributed by atoms with Gasteiger partial charge in [0.05, 0.1) is 0 Å². The quantitative estimate of drug-likeness (QED) is 0.862. The fourth-order valence-electron chi connectivity index (χ4n) is 1.71. The van der Waals surface area contributed by atoms with Gasteiger partial charge in [0.2, 0.25) is 0 Å². The molecule has 2 rings (SSSR count). The number of furan rings is 1. The topological polar surface area (TPSA) is 45.5 Å². The highest BCUT2D eigenvalue weighted by Gasteiger charge is 2.25. The minimum Gasteiger partial charge on any atom is -0.444 e. The third kappa shape index (κ3) is 2.78. The minimum atomic E-state index is -0.0327. The van der Waals surface area contributed by atoms with E-state index in [2.05, 4.69) is 21.2 Å². The number of piperazine rings is 1. The first-order valence-electron chi connectivity index (χ1n) is 4.95. The molecule has 0 radical (unpaired) electrons. The summed E-state index contributed by atoms with van der Waals surface area (Å²) >= 11 is 3.19. The van der Waals surface area contributed by atoms with Gasteiger partial charge in [-0.3, -0.25) is 4.79 Å². The SMILES string of the molecule is C[C@@H]1CNCCN1C(=O)c1ccc(Br)o1.Cl. The van der Waals surface area contributed by atoms with Crippen molar-refractivity contribution < 1.29 is 9.21 Å². The largest absolute Gasteiger partial charge is 0.444 e. The molecule has 0 unspecified atom stereocenters. The van der Waals surface area contributed by atoms with E-state index in [9.17, 15) is 4.79 Å². The molecule has 6 heteroatoms. The molecule has 4 nitrogen and oxygen atoms in total. The van der Waals surface area contributed by atoms with Crippen molar-refractivity contribution in [2.75, 3.05) is 19.6 Å². The number of amides is 1. The van der Waals surface area contributed by atoms with Crippen molar-refractivity contribution in [3.8, 4) is 0 Å². The van der Waals surface area contributed by atoms with Gasteiger partial charge in [0.15, 0.2) is 10.4 Å². The highest BCUT2D eigenvalue weighted by atomic mass is 79.9. The molecule has 90 valence electrons. The van der Waals surface area contributed by atoms with Crippen molar-refractivity contribution in [3.63, 3.8) is 0 Å². The summed E-state index contributed by atoms with van der Waals surface area (Å²) in [6, 6.07) is 3.65. The number of carbonyl (C=O) groups is 1. The number of hydrogen-bond donors (Lipinski definition) is 1. The molecule has 1 fully saturated rings. The summed E-state index contributed by atoms with van der Waals surface area (Å²) in [6.07, 6.45) is 0. The zero-order valence-electron chi connectivity index (χ0n) is 8.90. The molecular formula is C10H14BrClN2O2. The lowest BCUT2D eigenvalue weighted by Crippen LogP contribution is -2.52. The molecule has 0 spiro atoms. The Hall–Kier alpha value is -0.520. The lowest BCUT2D eigenvalue weighted by molar-refractivity contribution is 0.0622. The third-order valence-electron chi connectivity index (χ3n) is 2.55. The van der Waals surface area contributed by atoms with Crippen molar-refractivity contribution in [2.24, 2.45) is 0 Å². The number of hydrogen-bond acceptors (Lipinski definition) is 3. The Labute approximate surface area is 109 Å². The van der Waals surface area contributed by atoms with Gasteiger partial charge in [0.1, 0.15) is 0 Å². The highest BCUT2D eigenvalue weighted by molar-refractivity contribution is 9.10. The molecule has 0 aromatic carbocycles. The molecule has 1 atom stereocenters. The molecule has 0 aliphatic carbocycles. The molecule has 1 aromatic heterocycles. The third-order valence-corrected chi connectivity index (χ3v) is 2.97. The van der Waals surface area contributed by atoms with Gasteiger partial charge in [-0.25, -0.2) is 0 Å². The van der Waals surface area contributed by atoms with Gasteiger partial charge in [-0.2, -0.15) is 0 Å². The van der Waals surface area contributed by atoms with E-state index in [0.29, 0.717) is 10.4 Å². The maximum Gasteiger partial charge on any atom is 0.289 e. The summed E-state index contributed by atoms with van der Waals surface area (Å²) in [4.78, 5) is 13.8. The van der Waals surface area contributed by atoms with Gasteiger partial charge in [0.25, 0.3) is 5.91 Å². The van der Waals surface area contributed by atoms with E-state index in [-0.39, 0.29) is 24.4 Å². The van der Waals surface area contributed by atoms with Crippen LogP contribution in [0.1, 0.15) is 17.5 Å². The van der Waals surface area contributed by atoms with Crippen LogP contribution in [-0.4, -0.2) is 36.5 Å². The Morgan fingerprint density at radius 1 is 1.62 bits per heavy atom. The van der Waals surface area contributed by atoms with Crippen LogP contribution in [0.2, 0.25) is 0 Å². The van der Waals surface area contributed by atoms with Crippen LogP contribution in [-0.2, 0) is 0 Å². The molecule has 1 aromatic rings. The average Bonchev–Trinajstić information content (AvgIpc) is 2.65. The van der Waals surface area contributed by atoms with Crippen molar-refractivity contribution in [3.05, 3.63) is 22.6 Å². The fraction of sp³-hybridized carbons (Fsp3) is 0.500. The van der Waals surface area contributed by atoms with Crippen molar-refractivity contribution in [1.82, 2.24) is 10.2 Å². The average molecular weight is 310 g/mol. The molecule has 1 amide bonds. The minimum absolute atomic E-state index is 0. The summed E-state index contributed by atoms with van der Waals surface area (Å²) in [7, 11) is 0. The van der Waals surface area contributed by atoms with Crippen LogP contribution in [0.25, 0.3) is 0 Å². The standard InChI is InChI=1S/C10H13BrN2O2.ClH/c1-7-6-12-4-5-13(7)10(14)8-2-3-9(11)15-8;/h2-3,7,12H,4-6H2,1H3;1H/t7-;/m1./s1. The van der Waals surface area contributed by atoms with Crippen LogP contribution in [0, 0.1) is 0 Å². The number of nitrogens with zero attached hydrogens (tertiary/aromatic N) is 1. The Morgan fingerprint density at radius 2 is 2.38 bits per heavy atom. The van der Waals surface area contributed by atoms with Gasteiger partial charge in [-0.1, -0.05) is 0 Å². The first-order valence-corrected chi connectivity index (χ1v) is 5.75. The predicted octanol–water partition coefficient (Wildman–Crippen LogP) is 1.90. The van der Waals surface area contributed by atoms with Gasteiger partial charge in [-0.05, 0) is 35.0 Å². The Bertz CT molecular complexity index is 369. The molecule has 1 saturated heterocycles. The Kier molecular flexibility index (Phi) is 4.83. The number of nitrogens with one attached hydrogen (secondary N) is 1. The maximum absolute atomic E-state index is 12.0. The van der Waals surface area contributed by atoms with Crippen molar-refractivity contribution >= 4 is 34.2 Å². The van der Waals surface area contributed by atoms with Crippen LogP contribution < -0.4 is 5.32 Å². The number of rotatable bonds is 1. The lowest BCUT2D eigenvalue weighted by Gasteiger charge is -2.33. The molecule has 0 bridgehead atoms. The van der Waals surface area contributed by atoms with Gasteiger partial charge in [-0.15, -0.1) is 12.4 Å². The Balaban J connectivity index is 0.00000128. The van der Waals surface area contributed by atoms with Gasteiger partial charge in [0, 0.05) is 25.7 Å². The molecular weight excluding hydrogens is 295 g/mol. The first-order chi connectivity index (χ1) is 7.18. The van der Waals surface area contributed by atoms with Crippen LogP contribution in [0.5, 0.6) is 0 Å². The van der Waals surface area contributed by atoms with E-state index in [1.54, 1.807) is 12.1 Å². The predicted molar refractivity (Wildman–Crippen MR) is 67.0 cm³/mol. The van der Waals surface area contributed by atoms with E-state index in [1.807, 2.05) is 11.8 Å². The zero-order chi connectivity index (χ0) is 10.8. The molecule has 0 saturated carbocycles. The summed E-state index contributed by atoms with van der Waals surface area (Å²) in [5.74, 6) is 0.366. The van der Waals surface area contributed by atoms with Crippen LogP contribution >= 0.6 is 28.3 Å². The van der Waals surface area contributed by atoms with Crippen LogP contribution in [0.4, 0.5) is 0 Å². The number of carbonyl (C=O) groups excluding carboxylic acids is 1. The lowest BCUT2D eigenvalue weighted by atomic mass is 10.2. The van der Waals surface area contributed by atoms with Gasteiger partial charge >= 0.3 is 0 Å². The van der Waals surface area contributed by atoms with E-state index >= 15 is 0 Å². The van der Waals surface area contributed by atoms with E-state index in [4.69, 9.17) is 4.42 Å². The summed E-state index contributed by atoms with van der Waals surface area (Å²) in [5.41, 5.74) is 0. The smallest absolute Gasteiger partial charge is 0.289 e. The van der Waals surface area contributed by atoms with Crippen molar-refractivity contribution in [1.29, 1.82) is 0 Å². The molecule has 1 aliphatic heterocycles. The summed E-state index contributed by atoms with van der Waals surface area (Å²) < 4.78 is 5.84. The second kappa shape index (κ2) is 5.70. The maximum atomic E-state index is 12.0. The molecule has 1 N–H and O–H groups in total. The second-order valence-electron chi connectivity index (χ2n) is 3.66. The second-order valence-corrected chi connectivity index (χ2v) is 4.44. The van der Waals surface area contributed by atoms with E-state index in [1.165, 1.54) is 0 Å². The zero-order valence-corrected chi connectivity index (χ0v) is 11.3. The van der Waals surface area contributed by atoms with Gasteiger partial charge < -0.3 is 14.6 Å². The normalized spacial score (nSPS) is 20.4. The monoisotopic (exact) mass is 308 g/mol. The number of halogens is 2. The van der Waals surface area contributed by atoms with E-state index < -0.39 is 0 Å². The van der Waals surface area contributed by atoms with Crippen LogP contribution in [0.15, 0.2) is 21.2 Å². The first kappa shape index (κ1) is 13.5. The highest BCUT2D eigenvalue weighted by Crippen LogP contribution is 2.17. The Morgan fingerprint density at radius 3 is 2.94 bits per heavy atom.